The summed E-state index contributed by atoms with van der Waals surface area (Å²) in [6.45, 7) is 7.14. The van der Waals surface area contributed by atoms with Crippen LogP contribution in [0.25, 0.3) is 0 Å². The second-order valence-corrected chi connectivity index (χ2v) is 5.57. The fourth-order valence-electron chi connectivity index (χ4n) is 2.97. The third kappa shape index (κ3) is 6.08. The van der Waals surface area contributed by atoms with Gasteiger partial charge in [-0.05, 0) is 32.9 Å². The molecule has 23 heavy (non-hydrogen) atoms. The van der Waals surface area contributed by atoms with Gasteiger partial charge in [-0.15, -0.1) is 0 Å². The summed E-state index contributed by atoms with van der Waals surface area (Å²) >= 11 is 0. The van der Waals surface area contributed by atoms with Crippen molar-refractivity contribution in [3.05, 3.63) is 0 Å². The van der Waals surface area contributed by atoms with Gasteiger partial charge in [0.25, 0.3) is 5.91 Å². The zero-order valence-corrected chi connectivity index (χ0v) is 14.7. The maximum Gasteiger partial charge on any atom is 0.307 e. The van der Waals surface area contributed by atoms with Crippen molar-refractivity contribution in [3.63, 3.8) is 0 Å². The van der Waals surface area contributed by atoms with Crippen molar-refractivity contribution in [1.29, 1.82) is 0 Å². The summed E-state index contributed by atoms with van der Waals surface area (Å²) in [6, 6.07) is 0.320. The Morgan fingerprint density at radius 1 is 1.26 bits per heavy atom. The van der Waals surface area contributed by atoms with Gasteiger partial charge in [0.15, 0.2) is 0 Å². The first-order valence-electron chi connectivity index (χ1n) is 8.31. The number of nitrogens with zero attached hydrogens (tertiary/aromatic N) is 2. The normalized spacial score (nSPS) is 18.4. The van der Waals surface area contributed by atoms with Crippen molar-refractivity contribution in [2.75, 3.05) is 47.0 Å². The predicted molar refractivity (Wildman–Crippen MR) is 85.9 cm³/mol. The molecule has 0 aromatic heterocycles. The molecule has 1 aliphatic rings. The van der Waals surface area contributed by atoms with Gasteiger partial charge in [-0.25, -0.2) is 0 Å². The molecule has 1 saturated heterocycles. The highest BCUT2D eigenvalue weighted by atomic mass is 16.7. The lowest BCUT2D eigenvalue weighted by atomic mass is 10.2. The number of hydrogen-bond acceptors (Lipinski definition) is 6. The van der Waals surface area contributed by atoms with Gasteiger partial charge >= 0.3 is 5.97 Å². The van der Waals surface area contributed by atoms with E-state index in [0.29, 0.717) is 25.7 Å². The highest BCUT2D eigenvalue weighted by Crippen LogP contribution is 2.18. The molecule has 1 aliphatic heterocycles. The van der Waals surface area contributed by atoms with Crippen LogP contribution in [0.2, 0.25) is 0 Å². The Hall–Kier alpha value is -1.18. The fourth-order valence-corrected chi connectivity index (χ4v) is 2.97. The molecule has 134 valence electrons. The summed E-state index contributed by atoms with van der Waals surface area (Å²) in [5, 5.41) is 0. The quantitative estimate of drug-likeness (QED) is 0.437. The van der Waals surface area contributed by atoms with Crippen molar-refractivity contribution in [2.45, 2.75) is 45.4 Å². The van der Waals surface area contributed by atoms with Crippen molar-refractivity contribution in [3.8, 4) is 0 Å². The molecule has 0 spiro atoms. The number of esters is 1. The van der Waals surface area contributed by atoms with Crippen LogP contribution in [-0.2, 0) is 23.8 Å². The van der Waals surface area contributed by atoms with Crippen LogP contribution in [0, 0.1) is 0 Å². The first-order chi connectivity index (χ1) is 11.1. The summed E-state index contributed by atoms with van der Waals surface area (Å²) in [5.41, 5.74) is 0. The molecule has 0 aromatic rings. The highest BCUT2D eigenvalue weighted by molar-refractivity contribution is 5.80. The molecule has 7 nitrogen and oxygen atoms in total. The van der Waals surface area contributed by atoms with Crippen LogP contribution in [0.4, 0.5) is 0 Å². The number of carbonyl (C=O) groups excluding carboxylic acids is 2. The number of ether oxygens (including phenoxy) is 3. The first-order valence-corrected chi connectivity index (χ1v) is 8.31. The van der Waals surface area contributed by atoms with Gasteiger partial charge in [-0.3, -0.25) is 14.5 Å². The van der Waals surface area contributed by atoms with Crippen LogP contribution < -0.4 is 0 Å². The molecule has 1 rings (SSSR count). The molecule has 7 heteroatoms. The Labute approximate surface area is 138 Å². The van der Waals surface area contributed by atoms with Gasteiger partial charge in [0.05, 0.1) is 13.0 Å². The lowest BCUT2D eigenvalue weighted by Crippen LogP contribution is -2.48. The SMILES string of the molecule is CCOC(=O)CCN(CC1CCCN1CC)C(=O)C(OC)OC. The Kier molecular flexibility index (Phi) is 9.13. The summed E-state index contributed by atoms with van der Waals surface area (Å²) < 4.78 is 15.1. The number of likely N-dealkylation sites (N-methyl/N-ethyl adjacent to an activating group) is 1. The molecule has 1 amide bonds. The van der Waals surface area contributed by atoms with Crippen LogP contribution in [0.5, 0.6) is 0 Å². The number of methoxy groups -OCH3 is 2. The van der Waals surface area contributed by atoms with Gasteiger partial charge in [-0.2, -0.15) is 0 Å². The third-order valence-electron chi connectivity index (χ3n) is 4.17. The predicted octanol–water partition coefficient (Wildman–Crippen LogP) is 0.871. The zero-order valence-electron chi connectivity index (χ0n) is 14.7. The molecular weight excluding hydrogens is 300 g/mol. The molecule has 0 radical (unpaired) electrons. The number of likely N-dealkylation sites (tertiary alicyclic amines) is 1. The second-order valence-electron chi connectivity index (χ2n) is 5.57. The van der Waals surface area contributed by atoms with Crippen LogP contribution >= 0.6 is 0 Å². The summed E-state index contributed by atoms with van der Waals surface area (Å²) in [4.78, 5) is 28.2. The maximum atomic E-state index is 12.6. The summed E-state index contributed by atoms with van der Waals surface area (Å²) in [7, 11) is 2.87. The lowest BCUT2D eigenvalue weighted by molar-refractivity contribution is -0.171. The summed E-state index contributed by atoms with van der Waals surface area (Å²) in [6.07, 6.45) is 1.44. The largest absolute Gasteiger partial charge is 0.466 e. The number of carbonyl (C=O) groups is 2. The highest BCUT2D eigenvalue weighted by Gasteiger charge is 2.30. The average molecular weight is 330 g/mol. The Balaban J connectivity index is 2.70. The van der Waals surface area contributed by atoms with Crippen molar-refractivity contribution in [2.24, 2.45) is 0 Å². The zero-order chi connectivity index (χ0) is 17.2. The topological polar surface area (TPSA) is 68.3 Å². The van der Waals surface area contributed by atoms with E-state index in [1.807, 2.05) is 0 Å². The van der Waals surface area contributed by atoms with E-state index < -0.39 is 6.29 Å². The van der Waals surface area contributed by atoms with E-state index in [0.717, 1.165) is 25.9 Å². The molecule has 0 N–H and O–H groups in total. The van der Waals surface area contributed by atoms with Crippen molar-refractivity contribution < 1.29 is 23.8 Å². The van der Waals surface area contributed by atoms with Crippen LogP contribution in [-0.4, -0.2) is 81.0 Å². The van der Waals surface area contributed by atoms with E-state index in [-0.39, 0.29) is 18.3 Å². The van der Waals surface area contributed by atoms with Gasteiger partial charge in [0.1, 0.15) is 0 Å². The second kappa shape index (κ2) is 10.6. The van der Waals surface area contributed by atoms with E-state index in [9.17, 15) is 9.59 Å². The molecule has 1 atom stereocenters. The minimum Gasteiger partial charge on any atom is -0.466 e. The minimum absolute atomic E-state index is 0.179. The standard InChI is InChI=1S/C16H30N2O5/c1-5-17-10-7-8-13(17)12-18(11-9-14(19)23-6-2)15(20)16(21-3)22-4/h13,16H,5-12H2,1-4H3. The Morgan fingerprint density at radius 3 is 2.52 bits per heavy atom. The monoisotopic (exact) mass is 330 g/mol. The van der Waals surface area contributed by atoms with Gasteiger partial charge in [0.2, 0.25) is 6.29 Å². The number of amides is 1. The number of rotatable bonds is 10. The average Bonchev–Trinajstić information content (AvgIpc) is 2.99. The van der Waals surface area contributed by atoms with Gasteiger partial charge in [0, 0.05) is 33.4 Å². The number of hydrogen-bond donors (Lipinski definition) is 0. The van der Waals surface area contributed by atoms with Gasteiger partial charge < -0.3 is 19.1 Å². The minimum atomic E-state index is -0.936. The van der Waals surface area contributed by atoms with E-state index in [4.69, 9.17) is 14.2 Å². The van der Waals surface area contributed by atoms with Crippen molar-refractivity contribution in [1.82, 2.24) is 9.80 Å². The Morgan fingerprint density at radius 2 is 1.96 bits per heavy atom. The van der Waals surface area contributed by atoms with Crippen LogP contribution in [0.15, 0.2) is 0 Å². The van der Waals surface area contributed by atoms with Crippen molar-refractivity contribution >= 4 is 11.9 Å². The smallest absolute Gasteiger partial charge is 0.307 e. The van der Waals surface area contributed by atoms with Gasteiger partial charge in [-0.1, -0.05) is 6.92 Å². The molecule has 0 aliphatic carbocycles. The molecule has 0 saturated carbocycles. The Bertz CT molecular complexity index is 373. The van der Waals surface area contributed by atoms with Crippen LogP contribution in [0.1, 0.15) is 33.1 Å². The van der Waals surface area contributed by atoms with E-state index in [1.54, 1.807) is 11.8 Å². The van der Waals surface area contributed by atoms with E-state index in [2.05, 4.69) is 11.8 Å². The molecular formula is C16H30N2O5. The van der Waals surface area contributed by atoms with Crippen LogP contribution in [0.3, 0.4) is 0 Å². The van der Waals surface area contributed by atoms with E-state index >= 15 is 0 Å². The molecule has 1 heterocycles. The lowest BCUT2D eigenvalue weighted by Gasteiger charge is -2.31. The third-order valence-corrected chi connectivity index (χ3v) is 4.17. The molecule has 0 aromatic carbocycles. The molecule has 1 unspecified atom stereocenters. The first kappa shape index (κ1) is 19.9. The van der Waals surface area contributed by atoms with E-state index in [1.165, 1.54) is 14.2 Å². The molecule has 1 fully saturated rings. The molecule has 0 bridgehead atoms. The maximum absolute atomic E-state index is 12.6. The fraction of sp³-hybridized carbons (Fsp3) is 0.875. The summed E-state index contributed by atoms with van der Waals surface area (Å²) in [5.74, 6) is -0.544.